The molecule has 1 aliphatic rings. The Hall–Kier alpha value is -2.82. The van der Waals surface area contributed by atoms with Crippen molar-refractivity contribution in [3.8, 4) is 5.75 Å². The monoisotopic (exact) mass is 422 g/mol. The molecule has 5 heteroatoms. The van der Waals surface area contributed by atoms with Gasteiger partial charge in [-0.15, -0.1) is 0 Å². The molecular formula is C26H34N2O3. The highest BCUT2D eigenvalue weighted by molar-refractivity contribution is 5.97. The highest BCUT2D eigenvalue weighted by atomic mass is 16.5. The molecule has 0 aliphatic heterocycles. The lowest BCUT2D eigenvalue weighted by atomic mass is 9.88. The van der Waals surface area contributed by atoms with E-state index < -0.39 is 6.04 Å². The number of nitrogens with one attached hydrogen (secondary N) is 2. The van der Waals surface area contributed by atoms with E-state index in [1.54, 1.807) is 31.2 Å². The summed E-state index contributed by atoms with van der Waals surface area (Å²) in [6.07, 6.45) is 7.36. The maximum atomic E-state index is 12.6. The first kappa shape index (κ1) is 22.9. The van der Waals surface area contributed by atoms with E-state index in [1.807, 2.05) is 6.07 Å². The summed E-state index contributed by atoms with van der Waals surface area (Å²) in [4.78, 5) is 25.1. The molecule has 31 heavy (non-hydrogen) atoms. The quantitative estimate of drug-likeness (QED) is 0.556. The van der Waals surface area contributed by atoms with E-state index in [0.29, 0.717) is 12.2 Å². The first-order valence-electron chi connectivity index (χ1n) is 11.5. The number of aryl methyl sites for hydroxylation is 1. The van der Waals surface area contributed by atoms with Crippen LogP contribution in [-0.4, -0.2) is 30.5 Å². The van der Waals surface area contributed by atoms with E-state index in [4.69, 9.17) is 4.74 Å². The van der Waals surface area contributed by atoms with Gasteiger partial charge in [0.1, 0.15) is 11.8 Å². The maximum absolute atomic E-state index is 12.6. The molecule has 0 saturated carbocycles. The van der Waals surface area contributed by atoms with Crippen LogP contribution in [0.3, 0.4) is 0 Å². The van der Waals surface area contributed by atoms with Gasteiger partial charge in [0.2, 0.25) is 5.91 Å². The van der Waals surface area contributed by atoms with Crippen LogP contribution in [0.2, 0.25) is 0 Å². The fraction of sp³-hybridized carbons (Fsp3) is 0.462. The molecule has 5 nitrogen and oxygen atoms in total. The third-order valence-corrected chi connectivity index (χ3v) is 5.82. The summed E-state index contributed by atoms with van der Waals surface area (Å²) in [7, 11) is 0. The predicted octanol–water partition coefficient (Wildman–Crippen LogP) is 4.44. The van der Waals surface area contributed by atoms with Crippen LogP contribution in [0, 0.1) is 0 Å². The summed E-state index contributed by atoms with van der Waals surface area (Å²) in [5.74, 6) is 0.354. The predicted molar refractivity (Wildman–Crippen MR) is 123 cm³/mol. The van der Waals surface area contributed by atoms with E-state index in [9.17, 15) is 9.59 Å². The summed E-state index contributed by atoms with van der Waals surface area (Å²) < 4.78 is 5.72. The molecule has 0 radical (unpaired) electrons. The van der Waals surface area contributed by atoms with Gasteiger partial charge in [0, 0.05) is 11.6 Å². The van der Waals surface area contributed by atoms with Gasteiger partial charge in [0.25, 0.3) is 5.91 Å². The van der Waals surface area contributed by atoms with Crippen LogP contribution in [0.15, 0.2) is 48.5 Å². The number of hydrogen-bond acceptors (Lipinski definition) is 3. The average Bonchev–Trinajstić information content (AvgIpc) is 2.79. The minimum atomic E-state index is -0.598. The fourth-order valence-electron chi connectivity index (χ4n) is 3.91. The topological polar surface area (TPSA) is 67.4 Å². The summed E-state index contributed by atoms with van der Waals surface area (Å²) in [6.45, 7) is 4.59. The number of benzene rings is 2. The number of carbonyl (C=O) groups excluding carboxylic acids is 2. The van der Waals surface area contributed by atoms with Gasteiger partial charge in [0.15, 0.2) is 0 Å². The second-order valence-corrected chi connectivity index (χ2v) is 8.35. The third-order valence-electron chi connectivity index (χ3n) is 5.82. The molecule has 0 spiro atoms. The number of unbranched alkanes of at least 4 members (excludes halogenated alkanes) is 3. The largest absolute Gasteiger partial charge is 0.494 e. The molecule has 2 aromatic carbocycles. The van der Waals surface area contributed by atoms with Crippen molar-refractivity contribution >= 4 is 11.8 Å². The number of carbonyl (C=O) groups is 2. The number of ether oxygens (including phenoxy) is 1. The smallest absolute Gasteiger partial charge is 0.251 e. The van der Waals surface area contributed by atoms with Crippen molar-refractivity contribution in [3.05, 3.63) is 65.2 Å². The van der Waals surface area contributed by atoms with Gasteiger partial charge < -0.3 is 15.4 Å². The molecule has 166 valence electrons. The maximum Gasteiger partial charge on any atom is 0.251 e. The van der Waals surface area contributed by atoms with Crippen molar-refractivity contribution in [2.75, 3.05) is 6.61 Å². The van der Waals surface area contributed by atoms with E-state index in [1.165, 1.54) is 30.4 Å². The molecule has 2 N–H and O–H groups in total. The van der Waals surface area contributed by atoms with Crippen molar-refractivity contribution in [1.29, 1.82) is 0 Å². The van der Waals surface area contributed by atoms with Gasteiger partial charge in [-0.3, -0.25) is 9.59 Å². The lowest BCUT2D eigenvalue weighted by Gasteiger charge is -2.26. The number of amides is 2. The van der Waals surface area contributed by atoms with Crippen molar-refractivity contribution in [2.45, 2.75) is 70.9 Å². The molecule has 2 aromatic rings. The lowest BCUT2D eigenvalue weighted by molar-refractivity contribution is -0.123. The highest BCUT2D eigenvalue weighted by Gasteiger charge is 2.23. The Balaban J connectivity index is 1.43. The second kappa shape index (κ2) is 11.5. The first-order valence-corrected chi connectivity index (χ1v) is 11.5. The summed E-state index contributed by atoms with van der Waals surface area (Å²) in [5, 5.41) is 5.89. The van der Waals surface area contributed by atoms with Gasteiger partial charge >= 0.3 is 0 Å². The Kier molecular flexibility index (Phi) is 8.51. The zero-order valence-electron chi connectivity index (χ0n) is 18.7. The van der Waals surface area contributed by atoms with Crippen LogP contribution in [0.5, 0.6) is 5.75 Å². The van der Waals surface area contributed by atoms with E-state index in [0.717, 1.165) is 31.4 Å². The number of rotatable bonds is 10. The zero-order chi connectivity index (χ0) is 22.1. The molecule has 0 aromatic heterocycles. The molecule has 0 heterocycles. The van der Waals surface area contributed by atoms with Crippen LogP contribution in [-0.2, 0) is 17.6 Å². The second-order valence-electron chi connectivity index (χ2n) is 8.35. The van der Waals surface area contributed by atoms with Crippen molar-refractivity contribution < 1.29 is 14.3 Å². The molecule has 0 saturated heterocycles. The van der Waals surface area contributed by atoms with Crippen LogP contribution in [0.25, 0.3) is 0 Å². The Morgan fingerprint density at radius 2 is 1.77 bits per heavy atom. The molecule has 2 amide bonds. The van der Waals surface area contributed by atoms with Gasteiger partial charge in [-0.1, -0.05) is 50.5 Å². The fourth-order valence-corrected chi connectivity index (χ4v) is 3.91. The van der Waals surface area contributed by atoms with Gasteiger partial charge in [0.05, 0.1) is 6.61 Å². The lowest BCUT2D eigenvalue weighted by Crippen LogP contribution is -2.49. The third kappa shape index (κ3) is 6.84. The number of hydrogen-bond donors (Lipinski definition) is 2. The Morgan fingerprint density at radius 3 is 2.52 bits per heavy atom. The van der Waals surface area contributed by atoms with Crippen LogP contribution < -0.4 is 15.4 Å². The summed E-state index contributed by atoms with van der Waals surface area (Å²) in [5.41, 5.74) is 3.18. The molecule has 3 rings (SSSR count). The molecular weight excluding hydrogens is 388 g/mol. The highest BCUT2D eigenvalue weighted by Crippen LogP contribution is 2.21. The van der Waals surface area contributed by atoms with Crippen LogP contribution in [0.4, 0.5) is 0 Å². The summed E-state index contributed by atoms with van der Waals surface area (Å²) in [6, 6.07) is 15.0. The Bertz CT molecular complexity index is 863. The standard InChI is InChI=1S/C26H34N2O3/c1-3-4-5-8-17-31-24-15-12-21(13-16-24)26(30)27-19(2)25(29)28-23-14-11-20-9-6-7-10-22(20)18-23/h6-7,9-10,12-13,15-16,19,23H,3-5,8,11,14,17-18H2,1-2H3,(H,27,30)(H,28,29). The molecule has 0 fully saturated rings. The van der Waals surface area contributed by atoms with Crippen molar-refractivity contribution in [3.63, 3.8) is 0 Å². The number of fused-ring (bicyclic) bond motifs is 1. The zero-order valence-corrected chi connectivity index (χ0v) is 18.7. The minimum Gasteiger partial charge on any atom is -0.494 e. The molecule has 0 bridgehead atoms. The van der Waals surface area contributed by atoms with Crippen LogP contribution >= 0.6 is 0 Å². The molecule has 1 aliphatic carbocycles. The van der Waals surface area contributed by atoms with Gasteiger partial charge in [-0.25, -0.2) is 0 Å². The van der Waals surface area contributed by atoms with E-state index in [-0.39, 0.29) is 17.9 Å². The van der Waals surface area contributed by atoms with Gasteiger partial charge in [-0.05, 0) is 68.0 Å². The molecule has 2 atom stereocenters. The minimum absolute atomic E-state index is 0.107. The Labute approximate surface area is 185 Å². The summed E-state index contributed by atoms with van der Waals surface area (Å²) >= 11 is 0. The van der Waals surface area contributed by atoms with E-state index in [2.05, 4.69) is 35.8 Å². The average molecular weight is 423 g/mol. The van der Waals surface area contributed by atoms with Crippen molar-refractivity contribution in [2.24, 2.45) is 0 Å². The van der Waals surface area contributed by atoms with E-state index >= 15 is 0 Å². The molecule has 2 unspecified atom stereocenters. The Morgan fingerprint density at radius 1 is 1.03 bits per heavy atom. The first-order chi connectivity index (χ1) is 15.1. The SMILES string of the molecule is CCCCCCOc1ccc(C(=O)NC(C)C(=O)NC2CCc3ccccc3C2)cc1. The normalized spacial score (nSPS) is 16.1. The van der Waals surface area contributed by atoms with Crippen molar-refractivity contribution in [1.82, 2.24) is 10.6 Å². The van der Waals surface area contributed by atoms with Gasteiger partial charge in [-0.2, -0.15) is 0 Å². The van der Waals surface area contributed by atoms with Crippen LogP contribution in [0.1, 0.15) is 67.4 Å².